The number of ether oxygens (including phenoxy) is 1. The van der Waals surface area contributed by atoms with Crippen LogP contribution in [0.15, 0.2) is 24.3 Å². The molecule has 0 aliphatic heterocycles. The zero-order valence-electron chi connectivity index (χ0n) is 58.6. The zero-order valence-corrected chi connectivity index (χ0v) is 58.6. The highest BCUT2D eigenvalue weighted by atomic mass is 16.5. The summed E-state index contributed by atoms with van der Waals surface area (Å²) in [5.74, 6) is -0.0358. The average Bonchev–Trinajstić information content (AvgIpc) is 3.60. The summed E-state index contributed by atoms with van der Waals surface area (Å²) in [4.78, 5) is 24.6. The number of allylic oxidation sites excluding steroid dienone is 3. The fraction of sp³-hybridized carbons (Fsp3) is 0.925. The number of carbonyl (C=O) groups excluding carboxylic acids is 2. The Kier molecular flexibility index (Phi) is 74.3. The molecule has 0 aliphatic rings. The monoisotopic (exact) mass is 1210 g/mol. The van der Waals surface area contributed by atoms with Crippen molar-refractivity contribution in [2.45, 2.75) is 463 Å². The fourth-order valence-corrected chi connectivity index (χ4v) is 12.7. The van der Waals surface area contributed by atoms with E-state index in [4.69, 9.17) is 4.74 Å². The highest BCUT2D eigenvalue weighted by Crippen LogP contribution is 2.20. The highest BCUT2D eigenvalue weighted by molar-refractivity contribution is 5.76. The minimum Gasteiger partial charge on any atom is -0.466 e. The molecule has 2 unspecified atom stereocenters. The lowest BCUT2D eigenvalue weighted by Gasteiger charge is -2.20. The zero-order chi connectivity index (χ0) is 62.0. The molecule has 2 atom stereocenters. The van der Waals surface area contributed by atoms with Crippen LogP contribution in [0.2, 0.25) is 0 Å². The van der Waals surface area contributed by atoms with Crippen molar-refractivity contribution in [3.63, 3.8) is 0 Å². The summed E-state index contributed by atoms with van der Waals surface area (Å²) in [6.45, 7) is 4.95. The van der Waals surface area contributed by atoms with Gasteiger partial charge in [-0.25, -0.2) is 0 Å². The first-order valence-electron chi connectivity index (χ1n) is 39.6. The van der Waals surface area contributed by atoms with E-state index in [0.717, 1.165) is 38.5 Å². The Morgan fingerprint density at radius 1 is 0.314 bits per heavy atom. The van der Waals surface area contributed by atoms with Gasteiger partial charge in [0.15, 0.2) is 0 Å². The molecule has 86 heavy (non-hydrogen) atoms. The van der Waals surface area contributed by atoms with Crippen LogP contribution in [0.4, 0.5) is 0 Å². The van der Waals surface area contributed by atoms with E-state index in [-0.39, 0.29) is 18.5 Å². The van der Waals surface area contributed by atoms with Gasteiger partial charge in [-0.15, -0.1) is 0 Å². The second-order valence-corrected chi connectivity index (χ2v) is 27.4. The minimum absolute atomic E-state index is 0.0238. The van der Waals surface area contributed by atoms with Gasteiger partial charge in [0.1, 0.15) is 0 Å². The van der Waals surface area contributed by atoms with Crippen LogP contribution in [0.25, 0.3) is 0 Å². The smallest absolute Gasteiger partial charge is 0.305 e. The molecule has 6 heteroatoms. The van der Waals surface area contributed by atoms with Crippen molar-refractivity contribution >= 4 is 11.9 Å². The van der Waals surface area contributed by atoms with E-state index in [1.54, 1.807) is 6.08 Å². The van der Waals surface area contributed by atoms with Crippen molar-refractivity contribution in [1.29, 1.82) is 0 Å². The average molecular weight is 1210 g/mol. The summed E-state index contributed by atoms with van der Waals surface area (Å²) in [5, 5.41) is 23.2. The van der Waals surface area contributed by atoms with Crippen LogP contribution < -0.4 is 5.32 Å². The summed E-state index contributed by atoms with van der Waals surface area (Å²) in [5.41, 5.74) is 0. The predicted octanol–water partition coefficient (Wildman–Crippen LogP) is 26.0. The molecule has 0 saturated heterocycles. The molecule has 0 saturated carbocycles. The summed E-state index contributed by atoms with van der Waals surface area (Å²) in [6.07, 6.45) is 97.4. The number of unbranched alkanes of at least 4 members (excludes halogenated alkanes) is 62. The Hall–Kier alpha value is -1.66. The Balaban J connectivity index is 3.34. The van der Waals surface area contributed by atoms with Gasteiger partial charge in [-0.3, -0.25) is 9.59 Å². The molecule has 0 aliphatic carbocycles. The van der Waals surface area contributed by atoms with Gasteiger partial charge in [-0.2, -0.15) is 0 Å². The van der Waals surface area contributed by atoms with Crippen LogP contribution in [-0.4, -0.2) is 47.4 Å². The standard InChI is InChI=1S/C80H155NO5/c1-3-5-7-9-11-13-15-17-18-19-43-46-49-52-56-60-64-68-72-78(83)77(76-82)81-79(84)73-69-65-61-57-53-50-47-44-41-39-37-35-33-31-29-27-25-23-21-20-22-24-26-28-30-32-34-36-38-40-42-45-48-51-55-59-63-67-71-75-86-80(85)74-70-66-62-58-54-16-14-12-10-8-6-4-2/h20-21,68,72,77-78,82-83H,3-19,22-67,69-71,73-76H2,1-2H3,(H,81,84)/b21-20-,72-68+. The van der Waals surface area contributed by atoms with E-state index in [1.807, 2.05) is 6.08 Å². The minimum atomic E-state index is -0.842. The summed E-state index contributed by atoms with van der Waals surface area (Å²) in [6, 6.07) is -0.625. The highest BCUT2D eigenvalue weighted by Gasteiger charge is 2.18. The van der Waals surface area contributed by atoms with Gasteiger partial charge in [0.2, 0.25) is 5.91 Å². The lowest BCUT2D eigenvalue weighted by atomic mass is 10.0. The Morgan fingerprint density at radius 2 is 0.547 bits per heavy atom. The van der Waals surface area contributed by atoms with E-state index in [9.17, 15) is 19.8 Å². The fourth-order valence-electron chi connectivity index (χ4n) is 12.7. The molecule has 1 amide bonds. The summed E-state index contributed by atoms with van der Waals surface area (Å²) < 4.78 is 5.49. The van der Waals surface area contributed by atoms with Crippen molar-refractivity contribution in [2.24, 2.45) is 0 Å². The third-order valence-corrected chi connectivity index (χ3v) is 18.7. The molecule has 0 aromatic rings. The molecule has 0 rings (SSSR count). The Morgan fingerprint density at radius 3 is 0.826 bits per heavy atom. The van der Waals surface area contributed by atoms with E-state index in [1.165, 1.54) is 385 Å². The second-order valence-electron chi connectivity index (χ2n) is 27.4. The predicted molar refractivity (Wildman–Crippen MR) is 380 cm³/mol. The van der Waals surface area contributed by atoms with Crippen LogP contribution >= 0.6 is 0 Å². The van der Waals surface area contributed by atoms with Gasteiger partial charge in [0, 0.05) is 12.8 Å². The number of aliphatic hydroxyl groups excluding tert-OH is 2. The largest absolute Gasteiger partial charge is 0.466 e. The van der Waals surface area contributed by atoms with Crippen LogP contribution in [0.3, 0.4) is 0 Å². The van der Waals surface area contributed by atoms with Gasteiger partial charge < -0.3 is 20.3 Å². The third-order valence-electron chi connectivity index (χ3n) is 18.7. The van der Waals surface area contributed by atoms with Gasteiger partial charge in [-0.05, 0) is 57.8 Å². The molecule has 0 heterocycles. The topological polar surface area (TPSA) is 95.9 Å². The second kappa shape index (κ2) is 75.8. The number of esters is 1. The van der Waals surface area contributed by atoms with E-state index in [2.05, 4.69) is 31.3 Å². The van der Waals surface area contributed by atoms with Crippen LogP contribution in [0.1, 0.15) is 450 Å². The first-order chi connectivity index (χ1) is 42.5. The van der Waals surface area contributed by atoms with Crippen molar-refractivity contribution in [1.82, 2.24) is 5.32 Å². The van der Waals surface area contributed by atoms with E-state index in [0.29, 0.717) is 19.4 Å². The van der Waals surface area contributed by atoms with Crippen molar-refractivity contribution < 1.29 is 24.5 Å². The van der Waals surface area contributed by atoms with Gasteiger partial charge in [-0.1, -0.05) is 404 Å². The third kappa shape index (κ3) is 71.4. The molecule has 6 nitrogen and oxygen atoms in total. The van der Waals surface area contributed by atoms with E-state index >= 15 is 0 Å². The number of nitrogens with one attached hydrogen (secondary N) is 1. The molecule has 0 bridgehead atoms. The molecule has 0 aromatic heterocycles. The SMILES string of the molecule is CCCCCCCCCCCCCCCCCC/C=C/C(O)C(CO)NC(=O)CCCCCCCCCCCCCCCCCCC/C=C\CCCCCCCCCCCCCCCCCCCCOC(=O)CCCCCCCCCCCCCC. The molecule has 0 aromatic carbocycles. The number of hydrogen-bond acceptors (Lipinski definition) is 5. The van der Waals surface area contributed by atoms with Crippen molar-refractivity contribution in [3.05, 3.63) is 24.3 Å². The molecule has 3 N–H and O–H groups in total. The normalized spacial score (nSPS) is 12.6. The number of hydrogen-bond donors (Lipinski definition) is 3. The lowest BCUT2D eigenvalue weighted by Crippen LogP contribution is -2.45. The number of rotatable bonds is 75. The first kappa shape index (κ1) is 84.3. The van der Waals surface area contributed by atoms with Crippen molar-refractivity contribution in [3.8, 4) is 0 Å². The maximum Gasteiger partial charge on any atom is 0.305 e. The van der Waals surface area contributed by atoms with Gasteiger partial charge in [0.05, 0.1) is 25.4 Å². The molecule has 0 spiro atoms. The van der Waals surface area contributed by atoms with Crippen molar-refractivity contribution in [2.75, 3.05) is 13.2 Å². The molecule has 0 fully saturated rings. The Labute approximate surface area is 539 Å². The summed E-state index contributed by atoms with van der Waals surface area (Å²) >= 11 is 0. The van der Waals surface area contributed by atoms with Gasteiger partial charge in [0.25, 0.3) is 0 Å². The first-order valence-corrected chi connectivity index (χ1v) is 39.6. The maximum atomic E-state index is 12.5. The molecular formula is C80H155NO5. The maximum absolute atomic E-state index is 12.5. The number of aliphatic hydroxyl groups is 2. The Bertz CT molecular complexity index is 1350. The quantitative estimate of drug-likeness (QED) is 0.0320. The number of amides is 1. The summed E-state index contributed by atoms with van der Waals surface area (Å²) in [7, 11) is 0. The molecule has 510 valence electrons. The lowest BCUT2D eigenvalue weighted by molar-refractivity contribution is -0.143. The van der Waals surface area contributed by atoms with Crippen LogP contribution in [0, 0.1) is 0 Å². The van der Waals surface area contributed by atoms with Crippen LogP contribution in [-0.2, 0) is 14.3 Å². The van der Waals surface area contributed by atoms with Gasteiger partial charge >= 0.3 is 5.97 Å². The molecule has 0 radical (unpaired) electrons. The number of carbonyl (C=O) groups is 2. The van der Waals surface area contributed by atoms with Crippen LogP contribution in [0.5, 0.6) is 0 Å². The van der Waals surface area contributed by atoms with E-state index < -0.39 is 12.1 Å². The molecular weight excluding hydrogens is 1050 g/mol.